The molecule has 2 aromatic rings. The number of ketones is 1. The van der Waals surface area contributed by atoms with E-state index in [1.54, 1.807) is 29.2 Å². The summed E-state index contributed by atoms with van der Waals surface area (Å²) < 4.78 is 20.8. The van der Waals surface area contributed by atoms with E-state index in [1.165, 1.54) is 33.5 Å². The van der Waals surface area contributed by atoms with E-state index in [4.69, 9.17) is 18.9 Å². The van der Waals surface area contributed by atoms with Gasteiger partial charge in [-0.05, 0) is 42.8 Å². The first-order chi connectivity index (χ1) is 14.5. The summed E-state index contributed by atoms with van der Waals surface area (Å²) in [5.74, 6) is -0.00104. The summed E-state index contributed by atoms with van der Waals surface area (Å²) in [6.07, 6.45) is 1.37. The summed E-state index contributed by atoms with van der Waals surface area (Å²) in [4.78, 5) is 38.3. The molecular weight excluding hydrogens is 390 g/mol. The van der Waals surface area contributed by atoms with E-state index in [0.717, 1.165) is 12.1 Å². The van der Waals surface area contributed by atoms with Crippen molar-refractivity contribution >= 4 is 23.3 Å². The van der Waals surface area contributed by atoms with E-state index in [0.29, 0.717) is 35.8 Å². The maximum absolute atomic E-state index is 12.4. The minimum absolute atomic E-state index is 0.0772. The molecule has 8 heteroatoms. The van der Waals surface area contributed by atoms with Gasteiger partial charge in [-0.2, -0.15) is 0 Å². The number of hydrogen-bond donors (Lipinski definition) is 0. The van der Waals surface area contributed by atoms with Crippen LogP contribution in [0.25, 0.3) is 0 Å². The van der Waals surface area contributed by atoms with E-state index in [2.05, 4.69) is 0 Å². The third-order valence-corrected chi connectivity index (χ3v) is 4.81. The Labute approximate surface area is 174 Å². The molecule has 1 aliphatic heterocycles. The number of carbonyl (C=O) groups is 3. The monoisotopic (exact) mass is 413 g/mol. The summed E-state index contributed by atoms with van der Waals surface area (Å²) in [6.45, 7) is 0.260. The van der Waals surface area contributed by atoms with Gasteiger partial charge in [0.15, 0.2) is 23.9 Å². The summed E-state index contributed by atoms with van der Waals surface area (Å²) in [5.41, 5.74) is 1.31. The second-order valence-corrected chi connectivity index (χ2v) is 6.61. The fraction of sp³-hybridized carbons (Fsp3) is 0.318. The normalized spacial score (nSPS) is 13.2. The average Bonchev–Trinajstić information content (AvgIpc) is 3.21. The van der Waals surface area contributed by atoms with Crippen LogP contribution in [0.5, 0.6) is 17.2 Å². The van der Waals surface area contributed by atoms with Crippen LogP contribution in [-0.4, -0.2) is 52.1 Å². The van der Waals surface area contributed by atoms with Gasteiger partial charge in [-0.15, -0.1) is 0 Å². The average molecular weight is 413 g/mol. The number of nitrogens with zero attached hydrogens (tertiary/aromatic N) is 1. The molecule has 1 fully saturated rings. The Morgan fingerprint density at radius 1 is 0.933 bits per heavy atom. The van der Waals surface area contributed by atoms with Crippen LogP contribution in [0.1, 0.15) is 33.6 Å². The number of benzene rings is 2. The molecule has 3 rings (SSSR count). The number of amides is 1. The zero-order chi connectivity index (χ0) is 21.7. The van der Waals surface area contributed by atoms with Crippen LogP contribution in [-0.2, 0) is 9.53 Å². The molecule has 1 aliphatic rings. The largest absolute Gasteiger partial charge is 0.493 e. The Kier molecular flexibility index (Phi) is 6.56. The van der Waals surface area contributed by atoms with Gasteiger partial charge in [-0.25, -0.2) is 4.79 Å². The van der Waals surface area contributed by atoms with Crippen LogP contribution < -0.4 is 19.1 Å². The van der Waals surface area contributed by atoms with Crippen LogP contribution >= 0.6 is 0 Å². The van der Waals surface area contributed by atoms with Gasteiger partial charge >= 0.3 is 5.97 Å². The summed E-state index contributed by atoms with van der Waals surface area (Å²) in [7, 11) is 4.34. The fourth-order valence-electron chi connectivity index (χ4n) is 3.25. The lowest BCUT2D eigenvalue weighted by atomic mass is 10.1. The van der Waals surface area contributed by atoms with Crippen molar-refractivity contribution in [2.24, 2.45) is 0 Å². The van der Waals surface area contributed by atoms with Crippen LogP contribution in [0.4, 0.5) is 5.69 Å². The predicted molar refractivity (Wildman–Crippen MR) is 109 cm³/mol. The highest BCUT2D eigenvalue weighted by atomic mass is 16.5. The van der Waals surface area contributed by atoms with Gasteiger partial charge in [0.05, 0.1) is 26.9 Å². The third-order valence-electron chi connectivity index (χ3n) is 4.81. The number of anilines is 1. The van der Waals surface area contributed by atoms with Crippen LogP contribution in [0.3, 0.4) is 0 Å². The van der Waals surface area contributed by atoms with Crippen molar-refractivity contribution in [3.63, 3.8) is 0 Å². The molecule has 1 amide bonds. The minimum Gasteiger partial charge on any atom is -0.493 e. The van der Waals surface area contributed by atoms with Crippen molar-refractivity contribution in [2.75, 3.05) is 39.4 Å². The standard InChI is InChI=1S/C22H23NO7/c1-27-18-11-15(12-19(28-2)21(18)29-3)22(26)30-13-17(24)14-6-8-16(9-7-14)23-10-4-5-20(23)25/h6-9,11-12H,4-5,10,13H2,1-3H3. The molecule has 0 spiro atoms. The van der Waals surface area contributed by atoms with E-state index in [-0.39, 0.29) is 17.3 Å². The highest BCUT2D eigenvalue weighted by molar-refractivity contribution is 6.00. The van der Waals surface area contributed by atoms with Crippen molar-refractivity contribution in [2.45, 2.75) is 12.8 Å². The van der Waals surface area contributed by atoms with Gasteiger partial charge < -0.3 is 23.8 Å². The molecule has 0 aliphatic carbocycles. The highest BCUT2D eigenvalue weighted by Gasteiger charge is 2.22. The first kappa shape index (κ1) is 21.2. The summed E-state index contributed by atoms with van der Waals surface area (Å²) in [6, 6.07) is 9.59. The van der Waals surface area contributed by atoms with Crippen molar-refractivity contribution in [3.8, 4) is 17.2 Å². The maximum atomic E-state index is 12.4. The highest BCUT2D eigenvalue weighted by Crippen LogP contribution is 2.38. The Hall–Kier alpha value is -3.55. The predicted octanol–water partition coefficient (Wildman–Crippen LogP) is 2.88. The Morgan fingerprint density at radius 2 is 1.57 bits per heavy atom. The van der Waals surface area contributed by atoms with E-state index >= 15 is 0 Å². The minimum atomic E-state index is -0.693. The van der Waals surface area contributed by atoms with Crippen LogP contribution in [0.2, 0.25) is 0 Å². The number of hydrogen-bond acceptors (Lipinski definition) is 7. The molecule has 158 valence electrons. The number of rotatable bonds is 8. The van der Waals surface area contributed by atoms with Crippen molar-refractivity contribution in [1.29, 1.82) is 0 Å². The van der Waals surface area contributed by atoms with Crippen molar-refractivity contribution in [3.05, 3.63) is 47.5 Å². The molecule has 1 heterocycles. The second kappa shape index (κ2) is 9.30. The number of Topliss-reactive ketones (excluding diaryl/α,β-unsaturated/α-hetero) is 1. The number of ether oxygens (including phenoxy) is 4. The maximum Gasteiger partial charge on any atom is 0.338 e. The van der Waals surface area contributed by atoms with Crippen LogP contribution in [0.15, 0.2) is 36.4 Å². The lowest BCUT2D eigenvalue weighted by Gasteiger charge is -2.15. The van der Waals surface area contributed by atoms with Crippen molar-refractivity contribution < 1.29 is 33.3 Å². The summed E-state index contributed by atoms with van der Waals surface area (Å²) in [5, 5.41) is 0. The molecule has 0 radical (unpaired) electrons. The van der Waals surface area contributed by atoms with E-state index in [9.17, 15) is 14.4 Å². The molecule has 0 saturated carbocycles. The zero-order valence-corrected chi connectivity index (χ0v) is 17.1. The fourth-order valence-corrected chi connectivity index (χ4v) is 3.25. The lowest BCUT2D eigenvalue weighted by molar-refractivity contribution is -0.117. The Balaban J connectivity index is 1.66. The number of methoxy groups -OCH3 is 3. The molecule has 8 nitrogen and oxygen atoms in total. The molecule has 0 bridgehead atoms. The van der Waals surface area contributed by atoms with Gasteiger partial charge in [0.25, 0.3) is 0 Å². The first-order valence-corrected chi connectivity index (χ1v) is 9.39. The lowest BCUT2D eigenvalue weighted by Crippen LogP contribution is -2.23. The smallest absolute Gasteiger partial charge is 0.338 e. The van der Waals surface area contributed by atoms with E-state index < -0.39 is 12.6 Å². The second-order valence-electron chi connectivity index (χ2n) is 6.61. The topological polar surface area (TPSA) is 91.4 Å². The van der Waals surface area contributed by atoms with E-state index in [1.807, 2.05) is 0 Å². The van der Waals surface area contributed by atoms with Gasteiger partial charge in [0.2, 0.25) is 11.7 Å². The molecule has 0 N–H and O–H groups in total. The van der Waals surface area contributed by atoms with Gasteiger partial charge in [-0.1, -0.05) is 0 Å². The first-order valence-electron chi connectivity index (χ1n) is 9.39. The molecule has 1 saturated heterocycles. The van der Waals surface area contributed by atoms with Crippen LogP contribution in [0, 0.1) is 0 Å². The Morgan fingerprint density at radius 3 is 2.07 bits per heavy atom. The quantitative estimate of drug-likeness (QED) is 0.485. The molecule has 30 heavy (non-hydrogen) atoms. The Bertz CT molecular complexity index is 927. The number of esters is 1. The van der Waals surface area contributed by atoms with Gasteiger partial charge in [0.1, 0.15) is 0 Å². The SMILES string of the molecule is COc1cc(C(=O)OCC(=O)c2ccc(N3CCCC3=O)cc2)cc(OC)c1OC. The van der Waals surface area contributed by atoms with Gasteiger partial charge in [0, 0.05) is 24.2 Å². The van der Waals surface area contributed by atoms with Gasteiger partial charge in [-0.3, -0.25) is 9.59 Å². The summed E-state index contributed by atoms with van der Waals surface area (Å²) >= 11 is 0. The zero-order valence-electron chi connectivity index (χ0n) is 17.1. The number of carbonyl (C=O) groups excluding carboxylic acids is 3. The molecule has 0 unspecified atom stereocenters. The van der Waals surface area contributed by atoms with Crippen molar-refractivity contribution in [1.82, 2.24) is 0 Å². The molecular formula is C22H23NO7. The molecule has 0 aromatic heterocycles. The third kappa shape index (κ3) is 4.37. The molecule has 0 atom stereocenters. The molecule has 2 aromatic carbocycles.